The molecule has 10 heteroatoms. The molecular weight excluding hydrogens is 388 g/mol. The highest BCUT2D eigenvalue weighted by Crippen LogP contribution is 2.25. The van der Waals surface area contributed by atoms with Crippen LogP contribution in [0.5, 0.6) is 0 Å². The summed E-state index contributed by atoms with van der Waals surface area (Å²) in [5, 5.41) is 13.7. The molecule has 2 aromatic rings. The number of carbonyl (C=O) groups is 2. The number of nitrogens with zero attached hydrogens (tertiary/aromatic N) is 1. The van der Waals surface area contributed by atoms with E-state index in [2.05, 4.69) is 5.32 Å². The van der Waals surface area contributed by atoms with Gasteiger partial charge in [-0.25, -0.2) is 13.2 Å². The number of benzene rings is 2. The topological polar surface area (TPSA) is 133 Å². The molecule has 2 rings (SSSR count). The standard InChI is InChI=1S/C18H18N2O7S/c1-11-4-7-14(8-5-11)19-17(21)12(2)27-18(22)13-6-9-16(28(3,25)26)15(10-13)20(23)24/h4-10,12H,1-3H3,(H,19,21)/t12-/m0/s1. The van der Waals surface area contributed by atoms with Crippen molar-refractivity contribution in [1.82, 2.24) is 0 Å². The van der Waals surface area contributed by atoms with E-state index in [-0.39, 0.29) is 5.56 Å². The van der Waals surface area contributed by atoms with E-state index in [4.69, 9.17) is 4.74 Å². The third kappa shape index (κ3) is 5.13. The second-order valence-electron chi connectivity index (χ2n) is 6.11. The summed E-state index contributed by atoms with van der Waals surface area (Å²) in [6.45, 7) is 3.24. The van der Waals surface area contributed by atoms with Crippen LogP contribution in [0.3, 0.4) is 0 Å². The molecule has 0 aliphatic heterocycles. The number of amides is 1. The van der Waals surface area contributed by atoms with Gasteiger partial charge in [0.05, 0.1) is 10.5 Å². The Morgan fingerprint density at radius 3 is 2.29 bits per heavy atom. The first-order valence-electron chi connectivity index (χ1n) is 8.06. The molecule has 0 aliphatic carbocycles. The van der Waals surface area contributed by atoms with Crippen LogP contribution in [0.15, 0.2) is 47.4 Å². The number of carbonyl (C=O) groups excluding carboxylic acids is 2. The SMILES string of the molecule is Cc1ccc(NC(=O)[C@H](C)OC(=O)c2ccc(S(C)(=O)=O)c([N+](=O)[O-])c2)cc1. The monoisotopic (exact) mass is 406 g/mol. The van der Waals surface area contributed by atoms with Gasteiger partial charge in [-0.1, -0.05) is 17.7 Å². The molecule has 1 amide bonds. The summed E-state index contributed by atoms with van der Waals surface area (Å²) < 4.78 is 28.3. The van der Waals surface area contributed by atoms with Gasteiger partial charge in [0.2, 0.25) is 0 Å². The molecule has 0 saturated heterocycles. The molecule has 1 atom stereocenters. The maximum Gasteiger partial charge on any atom is 0.339 e. The Morgan fingerprint density at radius 2 is 1.75 bits per heavy atom. The summed E-state index contributed by atoms with van der Waals surface area (Å²) in [6, 6.07) is 9.84. The Kier molecular flexibility index (Phi) is 6.14. The van der Waals surface area contributed by atoms with Gasteiger partial charge in [-0.2, -0.15) is 0 Å². The van der Waals surface area contributed by atoms with Crippen molar-refractivity contribution in [3.8, 4) is 0 Å². The van der Waals surface area contributed by atoms with Crippen molar-refractivity contribution < 1.29 is 27.7 Å². The fourth-order valence-corrected chi connectivity index (χ4v) is 3.09. The molecule has 0 heterocycles. The number of anilines is 1. The molecule has 0 aromatic heterocycles. The zero-order chi connectivity index (χ0) is 21.1. The van der Waals surface area contributed by atoms with E-state index >= 15 is 0 Å². The third-order valence-electron chi connectivity index (χ3n) is 3.76. The highest BCUT2D eigenvalue weighted by Gasteiger charge is 2.26. The lowest BCUT2D eigenvalue weighted by Crippen LogP contribution is -2.30. The van der Waals surface area contributed by atoms with Crippen LogP contribution in [-0.4, -0.2) is 37.6 Å². The normalized spacial score (nSPS) is 12.1. The smallest absolute Gasteiger partial charge is 0.339 e. The Balaban J connectivity index is 2.15. The van der Waals surface area contributed by atoms with Crippen LogP contribution in [0.4, 0.5) is 11.4 Å². The third-order valence-corrected chi connectivity index (χ3v) is 4.91. The van der Waals surface area contributed by atoms with Crippen molar-refractivity contribution in [3.63, 3.8) is 0 Å². The molecular formula is C18H18N2O7S. The van der Waals surface area contributed by atoms with Gasteiger partial charge in [-0.3, -0.25) is 14.9 Å². The van der Waals surface area contributed by atoms with Gasteiger partial charge in [0.15, 0.2) is 15.9 Å². The van der Waals surface area contributed by atoms with Crippen LogP contribution in [0, 0.1) is 17.0 Å². The van der Waals surface area contributed by atoms with Crippen molar-refractivity contribution in [2.75, 3.05) is 11.6 Å². The summed E-state index contributed by atoms with van der Waals surface area (Å²) in [5.41, 5.74) is 0.547. The van der Waals surface area contributed by atoms with Gasteiger partial charge in [0, 0.05) is 18.0 Å². The molecule has 9 nitrogen and oxygen atoms in total. The predicted octanol–water partition coefficient (Wildman–Crippen LogP) is 2.49. The number of nitro benzene ring substituents is 1. The fourth-order valence-electron chi connectivity index (χ4n) is 2.26. The highest BCUT2D eigenvalue weighted by molar-refractivity contribution is 7.90. The number of nitrogens with one attached hydrogen (secondary N) is 1. The average Bonchev–Trinajstić information content (AvgIpc) is 2.62. The minimum absolute atomic E-state index is 0.242. The Bertz CT molecular complexity index is 1030. The Hall–Kier alpha value is -3.27. The van der Waals surface area contributed by atoms with Crippen LogP contribution >= 0.6 is 0 Å². The van der Waals surface area contributed by atoms with Crippen LogP contribution in [0.1, 0.15) is 22.8 Å². The van der Waals surface area contributed by atoms with E-state index in [1.54, 1.807) is 24.3 Å². The van der Waals surface area contributed by atoms with Crippen LogP contribution in [0.2, 0.25) is 0 Å². The average molecular weight is 406 g/mol. The Labute approximate surface area is 161 Å². The number of aryl methyl sites for hydroxylation is 1. The zero-order valence-electron chi connectivity index (χ0n) is 15.3. The fraction of sp³-hybridized carbons (Fsp3) is 0.222. The van der Waals surface area contributed by atoms with E-state index in [1.165, 1.54) is 6.92 Å². The number of sulfone groups is 1. The summed E-state index contributed by atoms with van der Waals surface area (Å²) in [6.07, 6.45) is -0.354. The zero-order valence-corrected chi connectivity index (χ0v) is 16.1. The largest absolute Gasteiger partial charge is 0.449 e. The molecule has 0 unspecified atom stereocenters. The summed E-state index contributed by atoms with van der Waals surface area (Å²) >= 11 is 0. The van der Waals surface area contributed by atoms with Gasteiger partial charge in [-0.15, -0.1) is 0 Å². The number of hydrogen-bond acceptors (Lipinski definition) is 7. The number of esters is 1. The molecule has 0 radical (unpaired) electrons. The molecule has 148 valence electrons. The molecule has 0 fully saturated rings. The summed E-state index contributed by atoms with van der Waals surface area (Å²) in [4.78, 5) is 34.1. The second kappa shape index (κ2) is 8.17. The Morgan fingerprint density at radius 1 is 1.14 bits per heavy atom. The minimum Gasteiger partial charge on any atom is -0.449 e. The lowest BCUT2D eigenvalue weighted by atomic mass is 10.2. The van der Waals surface area contributed by atoms with Gasteiger partial charge in [-0.05, 0) is 38.1 Å². The molecule has 0 spiro atoms. The van der Waals surface area contributed by atoms with Crippen molar-refractivity contribution in [1.29, 1.82) is 0 Å². The van der Waals surface area contributed by atoms with Gasteiger partial charge in [0.25, 0.3) is 11.6 Å². The van der Waals surface area contributed by atoms with E-state index in [0.29, 0.717) is 5.69 Å². The number of rotatable bonds is 6. The van der Waals surface area contributed by atoms with Crippen molar-refractivity contribution in [2.45, 2.75) is 24.8 Å². The first kappa shape index (κ1) is 21.0. The quantitative estimate of drug-likeness (QED) is 0.443. The van der Waals surface area contributed by atoms with Crippen molar-refractivity contribution in [3.05, 3.63) is 63.7 Å². The van der Waals surface area contributed by atoms with Gasteiger partial charge >= 0.3 is 5.97 Å². The molecule has 1 N–H and O–H groups in total. The van der Waals surface area contributed by atoms with Crippen LogP contribution in [0.25, 0.3) is 0 Å². The minimum atomic E-state index is -3.85. The second-order valence-corrected chi connectivity index (χ2v) is 8.10. The van der Waals surface area contributed by atoms with E-state index in [9.17, 15) is 28.1 Å². The number of nitro groups is 1. The lowest BCUT2D eigenvalue weighted by Gasteiger charge is -2.14. The van der Waals surface area contributed by atoms with Crippen LogP contribution < -0.4 is 5.32 Å². The van der Waals surface area contributed by atoms with Crippen molar-refractivity contribution in [2.24, 2.45) is 0 Å². The first-order chi connectivity index (χ1) is 13.0. The van der Waals surface area contributed by atoms with E-state index < -0.39 is 43.3 Å². The number of hydrogen-bond donors (Lipinski definition) is 1. The molecule has 2 aromatic carbocycles. The van der Waals surface area contributed by atoms with Crippen LogP contribution in [-0.2, 0) is 19.4 Å². The molecule has 0 aliphatic rings. The summed E-state index contributed by atoms with van der Waals surface area (Å²) in [5.74, 6) is -1.57. The van der Waals surface area contributed by atoms with Gasteiger partial charge < -0.3 is 10.1 Å². The first-order valence-corrected chi connectivity index (χ1v) is 9.95. The van der Waals surface area contributed by atoms with E-state index in [1.807, 2.05) is 6.92 Å². The molecule has 0 bridgehead atoms. The predicted molar refractivity (Wildman–Crippen MR) is 101 cm³/mol. The molecule has 28 heavy (non-hydrogen) atoms. The van der Waals surface area contributed by atoms with E-state index in [0.717, 1.165) is 30.0 Å². The lowest BCUT2D eigenvalue weighted by molar-refractivity contribution is -0.387. The summed E-state index contributed by atoms with van der Waals surface area (Å²) in [7, 11) is -3.85. The number of ether oxygens (including phenoxy) is 1. The maximum absolute atomic E-state index is 12.2. The van der Waals surface area contributed by atoms with Crippen molar-refractivity contribution >= 4 is 33.1 Å². The maximum atomic E-state index is 12.2. The van der Waals surface area contributed by atoms with Gasteiger partial charge in [0.1, 0.15) is 4.90 Å². The highest BCUT2D eigenvalue weighted by atomic mass is 32.2. The molecule has 0 saturated carbocycles.